The molecule has 1 unspecified atom stereocenters. The Hall–Kier alpha value is -2.33. The van der Waals surface area contributed by atoms with Crippen LogP contribution in [0, 0.1) is 0 Å². The van der Waals surface area contributed by atoms with E-state index >= 15 is 0 Å². The molecule has 1 aliphatic heterocycles. The predicted octanol–water partition coefficient (Wildman–Crippen LogP) is 8.03. The van der Waals surface area contributed by atoms with Crippen molar-refractivity contribution < 1.29 is 14.3 Å². The molecule has 0 aliphatic carbocycles. The lowest BCUT2D eigenvalue weighted by molar-refractivity contribution is -0.129. The van der Waals surface area contributed by atoms with Crippen LogP contribution >= 0.6 is 69.8 Å². The van der Waals surface area contributed by atoms with Crippen LogP contribution in [0.2, 0.25) is 25.1 Å². The Morgan fingerprint density at radius 2 is 1.59 bits per heavy atom. The summed E-state index contributed by atoms with van der Waals surface area (Å²) in [7, 11) is 1.57. The van der Waals surface area contributed by atoms with Gasteiger partial charge in [0.1, 0.15) is 11.0 Å². The Kier molecular flexibility index (Phi) is 10.1. The standard InChI is InChI=1S/C26H21Cl5N4O3S/c1-38-16-9-7-15(8-10-16)33-25(37)17-13-18(36)35(26(39-17)34-14-5-3-2-4-6-14)12-11-32-24-22(30)20(28)19(27)21(29)23(24)31/h2-10,17,32H,11-13H2,1H3,(H,33,37). The van der Waals surface area contributed by atoms with Gasteiger partial charge in [0, 0.05) is 25.2 Å². The first-order chi connectivity index (χ1) is 18.7. The van der Waals surface area contributed by atoms with Crippen LogP contribution in [0.15, 0.2) is 59.6 Å². The van der Waals surface area contributed by atoms with Crippen molar-refractivity contribution in [2.45, 2.75) is 11.7 Å². The molecule has 0 saturated carbocycles. The number of benzene rings is 3. The third-order valence-electron chi connectivity index (χ3n) is 5.62. The van der Waals surface area contributed by atoms with Crippen LogP contribution in [0.4, 0.5) is 17.1 Å². The summed E-state index contributed by atoms with van der Waals surface area (Å²) in [6, 6.07) is 16.1. The molecule has 4 rings (SSSR count). The number of carbonyl (C=O) groups is 2. The number of aliphatic imine (C=N–C) groups is 1. The van der Waals surface area contributed by atoms with Crippen LogP contribution in [0.1, 0.15) is 6.42 Å². The van der Waals surface area contributed by atoms with E-state index in [0.717, 1.165) is 0 Å². The topological polar surface area (TPSA) is 83.0 Å². The molecule has 204 valence electrons. The summed E-state index contributed by atoms with van der Waals surface area (Å²) < 4.78 is 5.16. The number of anilines is 2. The molecular weight excluding hydrogens is 626 g/mol. The fourth-order valence-corrected chi connectivity index (χ4v) is 6.02. The van der Waals surface area contributed by atoms with Crippen molar-refractivity contribution >= 4 is 104 Å². The van der Waals surface area contributed by atoms with Crippen molar-refractivity contribution in [3.05, 3.63) is 79.7 Å². The SMILES string of the molecule is COc1ccc(NC(=O)C2CC(=O)N(CCNc3c(Cl)c(Cl)c(Cl)c(Cl)c3Cl)C(=Nc3ccccc3)S2)cc1. The third kappa shape index (κ3) is 7.06. The second kappa shape index (κ2) is 13.4. The Morgan fingerprint density at radius 1 is 0.974 bits per heavy atom. The highest BCUT2D eigenvalue weighted by Crippen LogP contribution is 2.46. The predicted molar refractivity (Wildman–Crippen MR) is 163 cm³/mol. The van der Waals surface area contributed by atoms with E-state index in [1.807, 2.05) is 30.3 Å². The van der Waals surface area contributed by atoms with Gasteiger partial charge in [-0.25, -0.2) is 4.99 Å². The van der Waals surface area contributed by atoms with Gasteiger partial charge in [0.25, 0.3) is 0 Å². The highest BCUT2D eigenvalue weighted by Gasteiger charge is 2.36. The number of para-hydroxylation sites is 1. The van der Waals surface area contributed by atoms with E-state index in [2.05, 4.69) is 15.6 Å². The van der Waals surface area contributed by atoms with E-state index < -0.39 is 5.25 Å². The molecule has 13 heteroatoms. The molecule has 39 heavy (non-hydrogen) atoms. The van der Waals surface area contributed by atoms with Crippen molar-refractivity contribution in [2.24, 2.45) is 4.99 Å². The van der Waals surface area contributed by atoms with Gasteiger partial charge in [0.15, 0.2) is 5.17 Å². The third-order valence-corrected chi connectivity index (χ3v) is 9.08. The maximum absolute atomic E-state index is 13.3. The van der Waals surface area contributed by atoms with Crippen LogP contribution in [0.25, 0.3) is 0 Å². The number of amides is 2. The monoisotopic (exact) mass is 644 g/mol. The van der Waals surface area contributed by atoms with Gasteiger partial charge < -0.3 is 15.4 Å². The van der Waals surface area contributed by atoms with Gasteiger partial charge in [-0.15, -0.1) is 0 Å². The molecule has 1 aliphatic rings. The van der Waals surface area contributed by atoms with Crippen molar-refractivity contribution in [3.8, 4) is 5.75 Å². The zero-order chi connectivity index (χ0) is 28.1. The maximum Gasteiger partial charge on any atom is 0.238 e. The lowest BCUT2D eigenvalue weighted by Gasteiger charge is -2.32. The fourth-order valence-electron chi connectivity index (χ4n) is 3.62. The Labute approximate surface area is 254 Å². The number of halogens is 5. The molecule has 0 bridgehead atoms. The number of rotatable bonds is 8. The minimum absolute atomic E-state index is 0.0133. The number of ether oxygens (including phenoxy) is 1. The molecule has 3 aromatic carbocycles. The maximum atomic E-state index is 13.3. The van der Waals surface area contributed by atoms with Gasteiger partial charge in [-0.1, -0.05) is 88.0 Å². The summed E-state index contributed by atoms with van der Waals surface area (Å²) in [6.07, 6.45) is -0.0133. The Bertz CT molecular complexity index is 1380. The zero-order valence-corrected chi connectivity index (χ0v) is 24.9. The number of nitrogens with zero attached hydrogens (tertiary/aromatic N) is 2. The average molecular weight is 647 g/mol. The number of hydrogen-bond donors (Lipinski definition) is 2. The molecule has 0 radical (unpaired) electrons. The van der Waals surface area contributed by atoms with Crippen LogP contribution in [-0.2, 0) is 9.59 Å². The zero-order valence-electron chi connectivity index (χ0n) is 20.3. The summed E-state index contributed by atoms with van der Waals surface area (Å²) in [6.45, 7) is 0.436. The molecule has 3 aromatic rings. The number of methoxy groups -OCH3 is 1. The molecular formula is C26H21Cl5N4O3S. The van der Waals surface area contributed by atoms with Crippen molar-refractivity contribution in [2.75, 3.05) is 30.8 Å². The molecule has 2 amide bonds. The van der Waals surface area contributed by atoms with Crippen LogP contribution < -0.4 is 15.4 Å². The summed E-state index contributed by atoms with van der Waals surface area (Å²) in [5, 5.41) is 6.06. The number of amidine groups is 1. The molecule has 0 spiro atoms. The van der Waals surface area contributed by atoms with E-state index in [9.17, 15) is 9.59 Å². The first-order valence-electron chi connectivity index (χ1n) is 11.5. The van der Waals surface area contributed by atoms with Gasteiger partial charge in [-0.2, -0.15) is 0 Å². The van der Waals surface area contributed by atoms with Gasteiger partial charge in [-0.3, -0.25) is 14.5 Å². The first-order valence-corrected chi connectivity index (χ1v) is 14.3. The minimum Gasteiger partial charge on any atom is -0.497 e. The van der Waals surface area contributed by atoms with E-state index in [-0.39, 0.29) is 56.4 Å². The van der Waals surface area contributed by atoms with Crippen molar-refractivity contribution in [1.29, 1.82) is 0 Å². The number of hydrogen-bond acceptors (Lipinski definition) is 6. The lowest BCUT2D eigenvalue weighted by atomic mass is 10.2. The first kappa shape index (κ1) is 29.6. The van der Waals surface area contributed by atoms with Crippen LogP contribution in [0.3, 0.4) is 0 Å². The average Bonchev–Trinajstić information content (AvgIpc) is 2.94. The van der Waals surface area contributed by atoms with Crippen LogP contribution in [0.5, 0.6) is 5.75 Å². The minimum atomic E-state index is -0.677. The lowest BCUT2D eigenvalue weighted by Crippen LogP contribution is -2.46. The molecule has 1 atom stereocenters. The second-order valence-corrected chi connectivity index (χ2v) is 11.2. The van der Waals surface area contributed by atoms with E-state index in [1.54, 1.807) is 31.4 Å². The summed E-state index contributed by atoms with van der Waals surface area (Å²) >= 11 is 32.2. The molecule has 1 saturated heterocycles. The van der Waals surface area contributed by atoms with Gasteiger partial charge >= 0.3 is 0 Å². The Balaban J connectivity index is 1.52. The molecule has 7 nitrogen and oxygen atoms in total. The van der Waals surface area contributed by atoms with E-state index in [4.69, 9.17) is 62.7 Å². The van der Waals surface area contributed by atoms with Crippen molar-refractivity contribution in [1.82, 2.24) is 4.90 Å². The van der Waals surface area contributed by atoms with Crippen LogP contribution in [-0.4, -0.2) is 47.3 Å². The van der Waals surface area contributed by atoms with Gasteiger partial charge in [0.05, 0.1) is 43.6 Å². The normalized spacial score (nSPS) is 16.4. The molecule has 0 aromatic heterocycles. The van der Waals surface area contributed by atoms with Gasteiger partial charge in [0.2, 0.25) is 11.8 Å². The van der Waals surface area contributed by atoms with E-state index in [0.29, 0.717) is 28.0 Å². The molecule has 1 heterocycles. The number of carbonyl (C=O) groups excluding carboxylic acids is 2. The quantitative estimate of drug-likeness (QED) is 0.191. The fraction of sp³-hybridized carbons (Fsp3) is 0.192. The highest BCUT2D eigenvalue weighted by atomic mass is 35.5. The second-order valence-electron chi connectivity index (χ2n) is 8.18. The van der Waals surface area contributed by atoms with E-state index in [1.165, 1.54) is 16.7 Å². The number of thioether (sulfide) groups is 1. The Morgan fingerprint density at radius 3 is 2.21 bits per heavy atom. The summed E-state index contributed by atoms with van der Waals surface area (Å²) in [5.41, 5.74) is 1.54. The number of nitrogens with one attached hydrogen (secondary N) is 2. The summed E-state index contributed by atoms with van der Waals surface area (Å²) in [4.78, 5) is 32.5. The summed E-state index contributed by atoms with van der Waals surface area (Å²) in [5.74, 6) is 0.105. The van der Waals surface area contributed by atoms with Crippen molar-refractivity contribution in [3.63, 3.8) is 0 Å². The molecule has 2 N–H and O–H groups in total. The van der Waals surface area contributed by atoms with Gasteiger partial charge in [-0.05, 0) is 36.4 Å². The molecule has 1 fully saturated rings. The highest BCUT2D eigenvalue weighted by molar-refractivity contribution is 8.15. The smallest absolute Gasteiger partial charge is 0.238 e. The largest absolute Gasteiger partial charge is 0.497 e.